The Bertz CT molecular complexity index is 169. The molecule has 0 bridgehead atoms. The Labute approximate surface area is 120 Å². The van der Waals surface area contributed by atoms with Gasteiger partial charge in [-0.15, -0.1) is 0 Å². The highest BCUT2D eigenvalue weighted by Gasteiger charge is 2.11. The lowest BCUT2D eigenvalue weighted by Crippen LogP contribution is -2.28. The van der Waals surface area contributed by atoms with Crippen LogP contribution in [-0.2, 0) is 14.2 Å². The van der Waals surface area contributed by atoms with Crippen molar-refractivity contribution in [2.75, 3.05) is 33.0 Å². The van der Waals surface area contributed by atoms with Crippen molar-refractivity contribution in [3.8, 4) is 0 Å². The van der Waals surface area contributed by atoms with E-state index in [4.69, 9.17) is 14.2 Å². The second-order valence-corrected chi connectivity index (χ2v) is 5.59. The van der Waals surface area contributed by atoms with E-state index in [0.717, 1.165) is 39.1 Å². The number of hydrogen-bond acceptors (Lipinski definition) is 3. The van der Waals surface area contributed by atoms with E-state index in [1.54, 1.807) is 0 Å². The number of ether oxygens (including phenoxy) is 3. The van der Waals surface area contributed by atoms with Crippen LogP contribution in [0.25, 0.3) is 0 Å². The van der Waals surface area contributed by atoms with Crippen LogP contribution in [0, 0.1) is 11.8 Å². The summed E-state index contributed by atoms with van der Waals surface area (Å²) in [6.07, 6.45) is 3.43. The Morgan fingerprint density at radius 3 is 1.58 bits per heavy atom. The summed E-state index contributed by atoms with van der Waals surface area (Å²) in [6.45, 7) is 14.6. The Morgan fingerprint density at radius 1 is 0.737 bits per heavy atom. The van der Waals surface area contributed by atoms with Gasteiger partial charge in [-0.05, 0) is 18.3 Å². The molecule has 0 N–H and O–H groups in total. The molecule has 3 heteroatoms. The van der Waals surface area contributed by atoms with Crippen molar-refractivity contribution in [3.05, 3.63) is 0 Å². The fraction of sp³-hybridized carbons (Fsp3) is 1.00. The smallest absolute Gasteiger partial charge is 0.104 e. The molecule has 0 aromatic rings. The third kappa shape index (κ3) is 11.4. The summed E-state index contributed by atoms with van der Waals surface area (Å²) in [5, 5.41) is 0. The van der Waals surface area contributed by atoms with E-state index in [1.165, 1.54) is 0 Å². The highest BCUT2D eigenvalue weighted by molar-refractivity contribution is 4.58. The van der Waals surface area contributed by atoms with Crippen LogP contribution in [0.15, 0.2) is 0 Å². The Balaban J connectivity index is 3.80. The maximum atomic E-state index is 5.77. The lowest BCUT2D eigenvalue weighted by Gasteiger charge is -2.20. The minimum atomic E-state index is 0.0769. The molecule has 0 saturated heterocycles. The lowest BCUT2D eigenvalue weighted by molar-refractivity contribution is -0.0677. The maximum Gasteiger partial charge on any atom is 0.104 e. The highest BCUT2D eigenvalue weighted by Crippen LogP contribution is 2.05. The third-order valence-electron chi connectivity index (χ3n) is 3.36. The number of rotatable bonds is 13. The third-order valence-corrected chi connectivity index (χ3v) is 3.36. The molecule has 0 heterocycles. The Kier molecular flexibility index (Phi) is 12.8. The second-order valence-electron chi connectivity index (χ2n) is 5.59. The largest absolute Gasteiger partial charge is 0.378 e. The Morgan fingerprint density at radius 2 is 1.21 bits per heavy atom. The zero-order valence-electron chi connectivity index (χ0n) is 13.6. The van der Waals surface area contributed by atoms with E-state index in [1.807, 2.05) is 0 Å². The summed E-state index contributed by atoms with van der Waals surface area (Å²) in [5.41, 5.74) is 0. The fourth-order valence-corrected chi connectivity index (χ4v) is 1.47. The van der Waals surface area contributed by atoms with Crippen LogP contribution < -0.4 is 0 Å². The molecule has 0 aromatic carbocycles. The van der Waals surface area contributed by atoms with Crippen molar-refractivity contribution in [2.24, 2.45) is 11.8 Å². The molecule has 116 valence electrons. The molecule has 3 nitrogen and oxygen atoms in total. The van der Waals surface area contributed by atoms with Gasteiger partial charge in [0.05, 0.1) is 13.2 Å². The monoisotopic (exact) mass is 274 g/mol. The maximum absolute atomic E-state index is 5.77. The van der Waals surface area contributed by atoms with Crippen LogP contribution in [0.1, 0.15) is 53.9 Å². The van der Waals surface area contributed by atoms with Gasteiger partial charge in [0, 0.05) is 19.8 Å². The Hall–Kier alpha value is -0.120. The SMILES string of the molecule is CCCOC(COCC(C)CC)COCC(C)CC. The average molecular weight is 274 g/mol. The topological polar surface area (TPSA) is 27.7 Å². The molecule has 0 spiro atoms. The summed E-state index contributed by atoms with van der Waals surface area (Å²) < 4.78 is 17.2. The van der Waals surface area contributed by atoms with E-state index in [9.17, 15) is 0 Å². The van der Waals surface area contributed by atoms with Crippen LogP contribution in [0.4, 0.5) is 0 Å². The van der Waals surface area contributed by atoms with Gasteiger partial charge < -0.3 is 14.2 Å². The van der Waals surface area contributed by atoms with E-state index >= 15 is 0 Å². The van der Waals surface area contributed by atoms with Crippen LogP contribution >= 0.6 is 0 Å². The fourth-order valence-electron chi connectivity index (χ4n) is 1.47. The van der Waals surface area contributed by atoms with Crippen molar-refractivity contribution in [1.82, 2.24) is 0 Å². The molecule has 19 heavy (non-hydrogen) atoms. The first-order chi connectivity index (χ1) is 9.13. The highest BCUT2D eigenvalue weighted by atomic mass is 16.6. The van der Waals surface area contributed by atoms with E-state index in [0.29, 0.717) is 25.0 Å². The van der Waals surface area contributed by atoms with Crippen molar-refractivity contribution in [2.45, 2.75) is 60.0 Å². The summed E-state index contributed by atoms with van der Waals surface area (Å²) in [5.74, 6) is 1.24. The molecular formula is C16H34O3. The summed E-state index contributed by atoms with van der Waals surface area (Å²) in [7, 11) is 0. The van der Waals surface area contributed by atoms with Crippen LogP contribution in [-0.4, -0.2) is 39.1 Å². The van der Waals surface area contributed by atoms with Gasteiger partial charge in [-0.25, -0.2) is 0 Å². The zero-order chi connectivity index (χ0) is 14.5. The van der Waals surface area contributed by atoms with Crippen LogP contribution in [0.2, 0.25) is 0 Å². The van der Waals surface area contributed by atoms with Crippen molar-refractivity contribution in [3.63, 3.8) is 0 Å². The van der Waals surface area contributed by atoms with Gasteiger partial charge in [0.2, 0.25) is 0 Å². The van der Waals surface area contributed by atoms with Crippen LogP contribution in [0.5, 0.6) is 0 Å². The summed E-state index contributed by atoms with van der Waals surface area (Å²) in [6, 6.07) is 0. The summed E-state index contributed by atoms with van der Waals surface area (Å²) >= 11 is 0. The van der Waals surface area contributed by atoms with Gasteiger partial charge in [-0.2, -0.15) is 0 Å². The molecule has 0 aliphatic rings. The van der Waals surface area contributed by atoms with Gasteiger partial charge in [0.15, 0.2) is 0 Å². The molecule has 0 aliphatic heterocycles. The molecule has 0 aliphatic carbocycles. The minimum absolute atomic E-state index is 0.0769. The lowest BCUT2D eigenvalue weighted by atomic mass is 10.1. The van der Waals surface area contributed by atoms with E-state index in [-0.39, 0.29) is 6.10 Å². The first kappa shape index (κ1) is 18.9. The molecule has 0 fully saturated rings. The molecule has 2 atom stereocenters. The van der Waals surface area contributed by atoms with Crippen molar-refractivity contribution < 1.29 is 14.2 Å². The first-order valence-electron chi connectivity index (χ1n) is 7.90. The predicted molar refractivity (Wildman–Crippen MR) is 80.6 cm³/mol. The molecule has 0 saturated carbocycles. The average Bonchev–Trinajstić information content (AvgIpc) is 2.43. The quantitative estimate of drug-likeness (QED) is 0.510. The first-order valence-corrected chi connectivity index (χ1v) is 7.90. The predicted octanol–water partition coefficient (Wildman–Crippen LogP) is 3.91. The van der Waals surface area contributed by atoms with Gasteiger partial charge in [0.25, 0.3) is 0 Å². The van der Waals surface area contributed by atoms with Gasteiger partial charge in [-0.1, -0.05) is 47.5 Å². The van der Waals surface area contributed by atoms with E-state index < -0.39 is 0 Å². The zero-order valence-corrected chi connectivity index (χ0v) is 13.6. The van der Waals surface area contributed by atoms with E-state index in [2.05, 4.69) is 34.6 Å². The van der Waals surface area contributed by atoms with Crippen molar-refractivity contribution in [1.29, 1.82) is 0 Å². The minimum Gasteiger partial charge on any atom is -0.378 e. The summed E-state index contributed by atoms with van der Waals surface area (Å²) in [4.78, 5) is 0. The van der Waals surface area contributed by atoms with Gasteiger partial charge >= 0.3 is 0 Å². The second kappa shape index (κ2) is 12.9. The molecular weight excluding hydrogens is 240 g/mol. The normalized spacial score (nSPS) is 16.3. The molecule has 0 aromatic heterocycles. The number of hydrogen-bond donors (Lipinski definition) is 0. The molecule has 0 rings (SSSR count). The molecule has 0 radical (unpaired) electrons. The van der Waals surface area contributed by atoms with Gasteiger partial charge in [0.1, 0.15) is 6.10 Å². The molecule has 0 amide bonds. The van der Waals surface area contributed by atoms with Gasteiger partial charge in [-0.3, -0.25) is 0 Å². The van der Waals surface area contributed by atoms with Crippen molar-refractivity contribution >= 4 is 0 Å². The molecule has 2 unspecified atom stereocenters. The standard InChI is InChI=1S/C16H34O3/c1-6-9-19-16(12-17-10-14(4)7-2)13-18-11-15(5)8-3/h14-16H,6-13H2,1-5H3. The van der Waals surface area contributed by atoms with Crippen LogP contribution in [0.3, 0.4) is 0 Å².